The minimum absolute atomic E-state index is 0.476. The molecule has 0 unspecified atom stereocenters. The average molecular weight is 414 g/mol. The van der Waals surface area contributed by atoms with Crippen molar-refractivity contribution in [1.82, 2.24) is 9.97 Å². The van der Waals surface area contributed by atoms with Crippen molar-refractivity contribution in [2.75, 3.05) is 4.90 Å². The lowest BCUT2D eigenvalue weighted by atomic mass is 9.88. The molecule has 3 heteroatoms. The molecule has 0 atom stereocenters. The lowest BCUT2D eigenvalue weighted by Gasteiger charge is -2.27. The molecule has 4 aromatic carbocycles. The lowest BCUT2D eigenvalue weighted by Crippen LogP contribution is -2.10. The summed E-state index contributed by atoms with van der Waals surface area (Å²) in [6.45, 7) is 4.54. The van der Waals surface area contributed by atoms with Crippen LogP contribution in [-0.4, -0.2) is 9.97 Å². The fraction of sp³-hybridized carbons (Fsp3) is 0.103. The van der Waals surface area contributed by atoms with Gasteiger partial charge in [0.1, 0.15) is 0 Å². The van der Waals surface area contributed by atoms with E-state index in [2.05, 4.69) is 102 Å². The van der Waals surface area contributed by atoms with Crippen molar-refractivity contribution < 1.29 is 0 Å². The number of pyridine rings is 2. The highest BCUT2D eigenvalue weighted by Gasteiger charge is 2.19. The molecule has 0 spiro atoms. The minimum atomic E-state index is 0.476. The number of benzene rings is 4. The van der Waals surface area contributed by atoms with Crippen molar-refractivity contribution in [2.24, 2.45) is 0 Å². The van der Waals surface area contributed by atoms with Crippen LogP contribution in [0.1, 0.15) is 25.3 Å². The second-order valence-electron chi connectivity index (χ2n) is 8.56. The summed E-state index contributed by atoms with van der Waals surface area (Å²) in [5.74, 6) is 0.476. The van der Waals surface area contributed by atoms with Crippen LogP contribution >= 0.6 is 0 Å². The molecular weight excluding hydrogens is 390 g/mol. The van der Waals surface area contributed by atoms with Gasteiger partial charge in [0, 0.05) is 41.5 Å². The normalized spacial score (nSPS) is 11.7. The molecule has 0 radical (unpaired) electrons. The van der Waals surface area contributed by atoms with Crippen LogP contribution in [0.3, 0.4) is 0 Å². The third-order valence-electron chi connectivity index (χ3n) is 6.38. The Balaban J connectivity index is 1.72. The Bertz CT molecular complexity index is 1500. The Morgan fingerprint density at radius 2 is 1.06 bits per heavy atom. The summed E-state index contributed by atoms with van der Waals surface area (Å²) < 4.78 is 0. The Hall–Kier alpha value is -3.98. The van der Waals surface area contributed by atoms with Crippen molar-refractivity contribution in [1.29, 1.82) is 0 Å². The Kier molecular flexibility index (Phi) is 4.29. The lowest BCUT2D eigenvalue weighted by molar-refractivity contribution is 0.877. The van der Waals surface area contributed by atoms with E-state index >= 15 is 0 Å². The molecule has 0 N–H and O–H groups in total. The quantitative estimate of drug-likeness (QED) is 0.274. The number of anilines is 3. The molecule has 2 heterocycles. The van der Waals surface area contributed by atoms with Crippen LogP contribution in [0.5, 0.6) is 0 Å². The van der Waals surface area contributed by atoms with Crippen LogP contribution in [0.2, 0.25) is 0 Å². The maximum atomic E-state index is 4.23. The molecule has 0 saturated carbocycles. The van der Waals surface area contributed by atoms with E-state index in [1.54, 1.807) is 0 Å². The second kappa shape index (κ2) is 7.31. The van der Waals surface area contributed by atoms with Crippen molar-refractivity contribution in [2.45, 2.75) is 19.8 Å². The molecule has 154 valence electrons. The van der Waals surface area contributed by atoms with E-state index in [-0.39, 0.29) is 0 Å². The first-order valence-electron chi connectivity index (χ1n) is 11.0. The average Bonchev–Trinajstić information content (AvgIpc) is 2.84. The van der Waals surface area contributed by atoms with Crippen molar-refractivity contribution in [3.05, 3.63) is 103 Å². The van der Waals surface area contributed by atoms with Gasteiger partial charge >= 0.3 is 0 Å². The van der Waals surface area contributed by atoms with Crippen molar-refractivity contribution >= 4 is 49.4 Å². The fourth-order valence-electron chi connectivity index (χ4n) is 4.92. The smallest absolute Gasteiger partial charge is 0.0540 e. The first kappa shape index (κ1) is 18.8. The summed E-state index contributed by atoms with van der Waals surface area (Å²) in [4.78, 5) is 10.8. The van der Waals surface area contributed by atoms with Crippen LogP contribution in [0.4, 0.5) is 17.1 Å². The predicted octanol–water partition coefficient (Wildman–Crippen LogP) is 7.97. The van der Waals surface area contributed by atoms with E-state index < -0.39 is 0 Å². The maximum Gasteiger partial charge on any atom is 0.0540 e. The zero-order valence-corrected chi connectivity index (χ0v) is 18.2. The zero-order chi connectivity index (χ0) is 21.7. The highest BCUT2D eigenvalue weighted by molar-refractivity contribution is 6.26. The first-order valence-corrected chi connectivity index (χ1v) is 11.0. The monoisotopic (exact) mass is 413 g/mol. The summed E-state index contributed by atoms with van der Waals surface area (Å²) >= 11 is 0. The minimum Gasteiger partial charge on any atom is -0.310 e. The van der Waals surface area contributed by atoms with Gasteiger partial charge in [-0.1, -0.05) is 56.3 Å². The van der Waals surface area contributed by atoms with Gasteiger partial charge < -0.3 is 4.90 Å². The van der Waals surface area contributed by atoms with Gasteiger partial charge in [0.15, 0.2) is 0 Å². The number of hydrogen-bond acceptors (Lipinski definition) is 3. The fourth-order valence-corrected chi connectivity index (χ4v) is 4.92. The molecule has 0 fully saturated rings. The molecule has 0 amide bonds. The highest BCUT2D eigenvalue weighted by Crippen LogP contribution is 2.44. The van der Waals surface area contributed by atoms with Crippen molar-refractivity contribution in [3.8, 4) is 0 Å². The van der Waals surface area contributed by atoms with Crippen LogP contribution in [0.25, 0.3) is 32.3 Å². The van der Waals surface area contributed by atoms with E-state index in [1.165, 1.54) is 37.9 Å². The Labute approximate surface area is 187 Å². The van der Waals surface area contributed by atoms with Gasteiger partial charge in [0.05, 0.1) is 5.69 Å². The first-order chi connectivity index (χ1) is 15.7. The summed E-state index contributed by atoms with van der Waals surface area (Å²) in [5.41, 5.74) is 4.70. The molecule has 2 aromatic heterocycles. The molecule has 3 nitrogen and oxygen atoms in total. The maximum absolute atomic E-state index is 4.23. The molecule has 0 aliphatic carbocycles. The predicted molar refractivity (Wildman–Crippen MR) is 135 cm³/mol. The Morgan fingerprint density at radius 3 is 1.66 bits per heavy atom. The van der Waals surface area contributed by atoms with Gasteiger partial charge in [-0.3, -0.25) is 9.97 Å². The van der Waals surface area contributed by atoms with E-state index in [1.807, 2.05) is 24.8 Å². The molecule has 0 aliphatic heterocycles. The number of hydrogen-bond donors (Lipinski definition) is 0. The topological polar surface area (TPSA) is 29.0 Å². The van der Waals surface area contributed by atoms with Gasteiger partial charge in [-0.25, -0.2) is 0 Å². The van der Waals surface area contributed by atoms with Crippen LogP contribution in [0.15, 0.2) is 97.6 Å². The number of aromatic nitrogens is 2. The number of rotatable bonds is 4. The molecule has 32 heavy (non-hydrogen) atoms. The van der Waals surface area contributed by atoms with Crippen molar-refractivity contribution in [3.63, 3.8) is 0 Å². The van der Waals surface area contributed by atoms with Gasteiger partial charge in [-0.2, -0.15) is 0 Å². The molecule has 6 aromatic rings. The Morgan fingerprint density at radius 1 is 0.562 bits per heavy atom. The standard InChI is InChI=1S/C29H23N3/c1-19(2)24-7-3-20-5-9-26-27(10-6-21-4-8-25(24)28(20)29(21)26)32(22-11-15-30-16-12-22)23-13-17-31-18-14-23/h3-19H,1-2H3. The van der Waals surface area contributed by atoms with Crippen LogP contribution < -0.4 is 4.90 Å². The summed E-state index contributed by atoms with van der Waals surface area (Å²) in [6, 6.07) is 26.3. The summed E-state index contributed by atoms with van der Waals surface area (Å²) in [6.07, 6.45) is 7.37. The third-order valence-corrected chi connectivity index (χ3v) is 6.38. The van der Waals surface area contributed by atoms with E-state index in [9.17, 15) is 0 Å². The zero-order valence-electron chi connectivity index (χ0n) is 18.2. The third kappa shape index (κ3) is 2.82. The van der Waals surface area contributed by atoms with Gasteiger partial charge in [0.2, 0.25) is 0 Å². The number of nitrogens with zero attached hydrogens (tertiary/aromatic N) is 3. The van der Waals surface area contributed by atoms with Gasteiger partial charge in [-0.05, 0) is 68.7 Å². The van der Waals surface area contributed by atoms with E-state index in [0.29, 0.717) is 5.92 Å². The summed E-state index contributed by atoms with van der Waals surface area (Å²) in [5, 5.41) is 7.85. The van der Waals surface area contributed by atoms with E-state index in [0.717, 1.165) is 17.1 Å². The molecule has 6 rings (SSSR count). The second-order valence-corrected chi connectivity index (χ2v) is 8.56. The largest absolute Gasteiger partial charge is 0.310 e. The molecule has 0 aliphatic rings. The SMILES string of the molecule is CC(C)c1ccc2ccc3c(N(c4ccncc4)c4ccncc4)ccc4ccc1c2c43. The van der Waals surface area contributed by atoms with Gasteiger partial charge in [0.25, 0.3) is 0 Å². The highest BCUT2D eigenvalue weighted by atomic mass is 15.1. The molecule has 0 bridgehead atoms. The van der Waals surface area contributed by atoms with E-state index in [4.69, 9.17) is 0 Å². The molecule has 0 saturated heterocycles. The molecular formula is C29H23N3. The van der Waals surface area contributed by atoms with Gasteiger partial charge in [-0.15, -0.1) is 0 Å². The van der Waals surface area contributed by atoms with Crippen LogP contribution in [-0.2, 0) is 0 Å². The summed E-state index contributed by atoms with van der Waals surface area (Å²) in [7, 11) is 0. The van der Waals surface area contributed by atoms with Crippen LogP contribution in [0, 0.1) is 0 Å².